The maximum absolute atomic E-state index is 12.3. The van der Waals surface area contributed by atoms with Gasteiger partial charge in [0.2, 0.25) is 0 Å². The minimum absolute atomic E-state index is 0.251. The number of hydrogen-bond acceptors (Lipinski definition) is 6. The average Bonchev–Trinajstić information content (AvgIpc) is 3.10. The molecular formula is C20H26ClN5OS. The lowest BCUT2D eigenvalue weighted by atomic mass is 10.1. The summed E-state index contributed by atoms with van der Waals surface area (Å²) in [5.41, 5.74) is 4.23. The Labute approximate surface area is 175 Å². The van der Waals surface area contributed by atoms with E-state index >= 15 is 0 Å². The zero-order chi connectivity index (χ0) is 19.9. The van der Waals surface area contributed by atoms with E-state index in [-0.39, 0.29) is 5.91 Å². The van der Waals surface area contributed by atoms with Gasteiger partial charge in [-0.2, -0.15) is 5.10 Å². The molecule has 1 fully saturated rings. The van der Waals surface area contributed by atoms with Crippen molar-refractivity contribution in [2.24, 2.45) is 5.10 Å². The van der Waals surface area contributed by atoms with Crippen molar-refractivity contribution in [1.82, 2.24) is 10.4 Å². The van der Waals surface area contributed by atoms with Crippen LogP contribution in [0.5, 0.6) is 0 Å². The highest BCUT2D eigenvalue weighted by molar-refractivity contribution is 7.17. The predicted molar refractivity (Wildman–Crippen MR) is 118 cm³/mol. The van der Waals surface area contributed by atoms with E-state index in [2.05, 4.69) is 39.2 Å². The van der Waals surface area contributed by atoms with E-state index in [9.17, 15) is 4.79 Å². The van der Waals surface area contributed by atoms with Gasteiger partial charge in [0.1, 0.15) is 0 Å². The molecule has 3 rings (SSSR count). The van der Waals surface area contributed by atoms with Gasteiger partial charge in [0.25, 0.3) is 5.91 Å². The van der Waals surface area contributed by atoms with Gasteiger partial charge < -0.3 is 9.80 Å². The Morgan fingerprint density at radius 1 is 1.25 bits per heavy atom. The number of nitrogens with one attached hydrogen (secondary N) is 1. The molecule has 2 heterocycles. The Kier molecular flexibility index (Phi) is 7.28. The molecule has 1 N–H and O–H groups in total. The van der Waals surface area contributed by atoms with E-state index in [1.54, 1.807) is 6.21 Å². The molecule has 2 aromatic rings. The molecule has 6 nitrogen and oxygen atoms in total. The first-order chi connectivity index (χ1) is 13.6. The Balaban J connectivity index is 1.59. The number of piperidine rings is 1. The third kappa shape index (κ3) is 5.02. The van der Waals surface area contributed by atoms with E-state index < -0.39 is 0 Å². The first-order valence-electron chi connectivity index (χ1n) is 9.72. The van der Waals surface area contributed by atoms with Crippen molar-refractivity contribution in [1.29, 1.82) is 0 Å². The lowest BCUT2D eigenvalue weighted by Gasteiger charge is -2.25. The average molecular weight is 420 g/mol. The van der Waals surface area contributed by atoms with Crippen LogP contribution in [0.15, 0.2) is 29.4 Å². The maximum Gasteiger partial charge on any atom is 0.271 e. The zero-order valence-electron chi connectivity index (χ0n) is 16.3. The molecule has 0 aliphatic carbocycles. The Morgan fingerprint density at radius 3 is 2.57 bits per heavy atom. The van der Waals surface area contributed by atoms with Gasteiger partial charge in [0.05, 0.1) is 11.1 Å². The van der Waals surface area contributed by atoms with Crippen molar-refractivity contribution < 1.29 is 4.79 Å². The van der Waals surface area contributed by atoms with Crippen LogP contribution in [-0.2, 0) is 0 Å². The number of carbonyl (C=O) groups excluding carboxylic acids is 1. The number of hydrogen-bond donors (Lipinski definition) is 1. The molecule has 0 spiro atoms. The number of aromatic nitrogens is 1. The van der Waals surface area contributed by atoms with Crippen molar-refractivity contribution >= 4 is 45.9 Å². The first kappa shape index (κ1) is 20.6. The van der Waals surface area contributed by atoms with Crippen LogP contribution in [0.4, 0.5) is 10.8 Å². The smallest absolute Gasteiger partial charge is 0.271 e. The molecule has 0 atom stereocenters. The highest BCUT2D eigenvalue weighted by Crippen LogP contribution is 2.30. The number of thiazole rings is 1. The van der Waals surface area contributed by atoms with Crippen LogP contribution in [0.3, 0.4) is 0 Å². The summed E-state index contributed by atoms with van der Waals surface area (Å²) < 4.78 is 0. The van der Waals surface area contributed by atoms with Crippen LogP contribution in [0.1, 0.15) is 48.3 Å². The molecule has 0 unspecified atom stereocenters. The second kappa shape index (κ2) is 9.89. The van der Waals surface area contributed by atoms with Crippen LogP contribution < -0.4 is 15.2 Å². The quantitative estimate of drug-likeness (QED) is 0.533. The van der Waals surface area contributed by atoms with Crippen LogP contribution in [0, 0.1) is 0 Å². The molecule has 1 saturated heterocycles. The molecule has 28 heavy (non-hydrogen) atoms. The lowest BCUT2D eigenvalue weighted by Crippen LogP contribution is -2.29. The lowest BCUT2D eigenvalue weighted by molar-refractivity contribution is 0.0955. The van der Waals surface area contributed by atoms with Crippen molar-refractivity contribution in [3.63, 3.8) is 0 Å². The fourth-order valence-corrected chi connectivity index (χ4v) is 4.40. The summed E-state index contributed by atoms with van der Waals surface area (Å²) in [6.07, 6.45) is 5.20. The summed E-state index contributed by atoms with van der Waals surface area (Å²) in [5, 5.41) is 5.40. The highest BCUT2D eigenvalue weighted by atomic mass is 35.5. The molecule has 1 aliphatic rings. The summed E-state index contributed by atoms with van der Waals surface area (Å²) in [5.74, 6) is -0.251. The number of benzene rings is 1. The molecule has 0 saturated carbocycles. The molecular weight excluding hydrogens is 394 g/mol. The summed E-state index contributed by atoms with van der Waals surface area (Å²) >= 11 is 7.74. The van der Waals surface area contributed by atoms with Crippen molar-refractivity contribution in [3.8, 4) is 0 Å². The normalized spacial score (nSPS) is 14.5. The number of anilines is 2. The summed E-state index contributed by atoms with van der Waals surface area (Å²) in [4.78, 5) is 22.0. The molecule has 0 bridgehead atoms. The zero-order valence-corrected chi connectivity index (χ0v) is 17.9. The van der Waals surface area contributed by atoms with E-state index in [0.29, 0.717) is 10.7 Å². The Bertz CT molecular complexity index is 811. The third-order valence-electron chi connectivity index (χ3n) is 4.83. The minimum atomic E-state index is -0.251. The predicted octanol–water partition coefficient (Wildman–Crippen LogP) is 4.40. The van der Waals surface area contributed by atoms with E-state index in [0.717, 1.165) is 41.9 Å². The van der Waals surface area contributed by atoms with Gasteiger partial charge in [-0.15, -0.1) is 0 Å². The van der Waals surface area contributed by atoms with E-state index in [4.69, 9.17) is 11.6 Å². The highest BCUT2D eigenvalue weighted by Gasteiger charge is 2.16. The number of carbonyl (C=O) groups is 1. The van der Waals surface area contributed by atoms with Crippen molar-refractivity contribution in [3.05, 3.63) is 39.9 Å². The van der Waals surface area contributed by atoms with Crippen molar-refractivity contribution in [2.45, 2.75) is 33.1 Å². The van der Waals surface area contributed by atoms with Gasteiger partial charge in [0.15, 0.2) is 10.3 Å². The standard InChI is InChI=1S/C20H26ClN5OS/c1-3-25(4-2)16-10-8-15(9-11-16)19(27)24-22-14-17-18(21)23-20(28-17)26-12-6-5-7-13-26/h8-11,14H,3-7,12-13H2,1-2H3,(H,24,27)/b22-14-. The fourth-order valence-electron chi connectivity index (χ4n) is 3.23. The first-order valence-corrected chi connectivity index (χ1v) is 10.9. The third-order valence-corrected chi connectivity index (χ3v) is 6.28. The van der Waals surface area contributed by atoms with E-state index in [1.165, 1.54) is 30.6 Å². The van der Waals surface area contributed by atoms with Gasteiger partial charge in [-0.05, 0) is 57.4 Å². The Hall–Kier alpha value is -2.12. The van der Waals surface area contributed by atoms with Crippen LogP contribution in [0.25, 0.3) is 0 Å². The van der Waals surface area contributed by atoms with E-state index in [1.807, 2.05) is 24.3 Å². The van der Waals surface area contributed by atoms with Crippen LogP contribution in [-0.4, -0.2) is 43.3 Å². The van der Waals surface area contributed by atoms with Crippen LogP contribution in [0.2, 0.25) is 5.15 Å². The molecule has 150 valence electrons. The van der Waals surface area contributed by atoms with Gasteiger partial charge in [-0.3, -0.25) is 4.79 Å². The number of halogens is 1. The summed E-state index contributed by atoms with van der Waals surface area (Å²) in [6.45, 7) is 8.12. The second-order valence-electron chi connectivity index (χ2n) is 6.62. The topological polar surface area (TPSA) is 60.8 Å². The van der Waals surface area contributed by atoms with Crippen molar-refractivity contribution in [2.75, 3.05) is 36.0 Å². The molecule has 1 aliphatic heterocycles. The molecule has 1 amide bonds. The van der Waals surface area contributed by atoms with Gasteiger partial charge in [0, 0.05) is 37.4 Å². The van der Waals surface area contributed by atoms with Gasteiger partial charge in [-0.1, -0.05) is 22.9 Å². The number of rotatable bonds is 7. The van der Waals surface area contributed by atoms with Gasteiger partial charge >= 0.3 is 0 Å². The SMILES string of the molecule is CCN(CC)c1ccc(C(=O)N/N=C\c2sc(N3CCCCC3)nc2Cl)cc1. The van der Waals surface area contributed by atoms with Crippen LogP contribution >= 0.6 is 22.9 Å². The molecule has 8 heteroatoms. The summed E-state index contributed by atoms with van der Waals surface area (Å²) in [7, 11) is 0. The monoisotopic (exact) mass is 419 g/mol. The molecule has 1 aromatic carbocycles. The maximum atomic E-state index is 12.3. The Morgan fingerprint density at radius 2 is 1.93 bits per heavy atom. The minimum Gasteiger partial charge on any atom is -0.372 e. The molecule has 1 aromatic heterocycles. The summed E-state index contributed by atoms with van der Waals surface area (Å²) in [6, 6.07) is 7.53. The number of hydrazone groups is 1. The van der Waals surface area contributed by atoms with Gasteiger partial charge in [-0.25, -0.2) is 10.4 Å². The fraction of sp³-hybridized carbons (Fsp3) is 0.450. The molecule has 0 radical (unpaired) electrons. The largest absolute Gasteiger partial charge is 0.372 e. The number of nitrogens with zero attached hydrogens (tertiary/aromatic N) is 4. The number of amides is 1. The second-order valence-corrected chi connectivity index (χ2v) is 7.98.